The molecule has 0 spiro atoms. The zero-order chi connectivity index (χ0) is 23.9. The SMILES string of the molecule is CC(=O)N(c1ccccc1)c1nc(/C=C/C(=O)NC(c2ccccc2)c2ccc(Cl)cc2)cs1. The molecule has 5 nitrogen and oxygen atoms in total. The summed E-state index contributed by atoms with van der Waals surface area (Å²) in [7, 11) is 0. The largest absolute Gasteiger partial charge is 0.342 e. The normalized spacial score (nSPS) is 11.8. The minimum atomic E-state index is -0.326. The zero-order valence-electron chi connectivity index (χ0n) is 18.4. The number of para-hydroxylation sites is 1. The summed E-state index contributed by atoms with van der Waals surface area (Å²) in [6.07, 6.45) is 3.09. The minimum Gasteiger partial charge on any atom is -0.342 e. The number of thiazole rings is 1. The molecule has 3 aromatic carbocycles. The number of nitrogens with one attached hydrogen (secondary N) is 1. The van der Waals surface area contributed by atoms with Gasteiger partial charge in [-0.3, -0.25) is 14.5 Å². The van der Waals surface area contributed by atoms with Crippen LogP contribution in [0.4, 0.5) is 10.8 Å². The van der Waals surface area contributed by atoms with Crippen molar-refractivity contribution in [3.05, 3.63) is 118 Å². The van der Waals surface area contributed by atoms with Crippen molar-refractivity contribution in [2.75, 3.05) is 4.90 Å². The highest BCUT2D eigenvalue weighted by Gasteiger charge is 2.18. The van der Waals surface area contributed by atoms with E-state index in [4.69, 9.17) is 11.6 Å². The van der Waals surface area contributed by atoms with Crippen molar-refractivity contribution in [2.24, 2.45) is 0 Å². The van der Waals surface area contributed by atoms with Gasteiger partial charge in [-0.1, -0.05) is 72.3 Å². The van der Waals surface area contributed by atoms with E-state index in [1.165, 1.54) is 24.3 Å². The highest BCUT2D eigenvalue weighted by atomic mass is 35.5. The van der Waals surface area contributed by atoms with Gasteiger partial charge in [-0.05, 0) is 41.5 Å². The molecule has 0 saturated heterocycles. The Labute approximate surface area is 207 Å². The van der Waals surface area contributed by atoms with E-state index in [1.54, 1.807) is 23.1 Å². The van der Waals surface area contributed by atoms with Gasteiger partial charge in [0.2, 0.25) is 11.8 Å². The van der Waals surface area contributed by atoms with E-state index in [2.05, 4.69) is 10.3 Å². The highest BCUT2D eigenvalue weighted by molar-refractivity contribution is 7.14. The van der Waals surface area contributed by atoms with Crippen LogP contribution >= 0.6 is 22.9 Å². The second-order valence-electron chi connectivity index (χ2n) is 7.48. The predicted molar refractivity (Wildman–Crippen MR) is 138 cm³/mol. The van der Waals surface area contributed by atoms with Gasteiger partial charge in [0.05, 0.1) is 17.4 Å². The molecule has 0 aliphatic rings. The van der Waals surface area contributed by atoms with Crippen LogP contribution in [0.2, 0.25) is 5.02 Å². The Kier molecular flexibility index (Phi) is 7.52. The number of carbonyl (C=O) groups excluding carboxylic acids is 2. The molecular weight excluding hydrogens is 466 g/mol. The summed E-state index contributed by atoms with van der Waals surface area (Å²) in [4.78, 5) is 31.1. The Hall–Kier alpha value is -3.74. The average molecular weight is 488 g/mol. The van der Waals surface area contributed by atoms with E-state index >= 15 is 0 Å². The molecule has 1 atom stereocenters. The zero-order valence-corrected chi connectivity index (χ0v) is 20.0. The molecule has 4 rings (SSSR count). The Balaban J connectivity index is 1.51. The lowest BCUT2D eigenvalue weighted by molar-refractivity contribution is -0.117. The van der Waals surface area contributed by atoms with E-state index in [1.807, 2.05) is 78.2 Å². The molecule has 2 amide bonds. The van der Waals surface area contributed by atoms with Gasteiger partial charge in [0.25, 0.3) is 0 Å². The van der Waals surface area contributed by atoms with Crippen LogP contribution in [0.25, 0.3) is 6.08 Å². The van der Waals surface area contributed by atoms with Crippen LogP contribution < -0.4 is 10.2 Å². The molecular formula is C27H22ClN3O2S. The van der Waals surface area contributed by atoms with Gasteiger partial charge >= 0.3 is 0 Å². The molecule has 1 aromatic heterocycles. The smallest absolute Gasteiger partial charge is 0.244 e. The number of amides is 2. The summed E-state index contributed by atoms with van der Waals surface area (Å²) in [5.74, 6) is -0.396. The van der Waals surface area contributed by atoms with Gasteiger partial charge < -0.3 is 5.32 Å². The highest BCUT2D eigenvalue weighted by Crippen LogP contribution is 2.29. The Bertz CT molecular complexity index is 1290. The maximum Gasteiger partial charge on any atom is 0.244 e. The second kappa shape index (κ2) is 10.9. The van der Waals surface area contributed by atoms with Crippen LogP contribution in [-0.4, -0.2) is 16.8 Å². The number of hydrogen-bond acceptors (Lipinski definition) is 4. The van der Waals surface area contributed by atoms with Crippen molar-refractivity contribution in [1.82, 2.24) is 10.3 Å². The molecule has 0 bridgehead atoms. The summed E-state index contributed by atoms with van der Waals surface area (Å²) in [5, 5.41) is 6.05. The first-order valence-electron chi connectivity index (χ1n) is 10.6. The fraction of sp³-hybridized carbons (Fsp3) is 0.0741. The Morgan fingerprint density at radius 3 is 2.21 bits per heavy atom. The summed E-state index contributed by atoms with van der Waals surface area (Å²) >= 11 is 7.38. The molecule has 0 aliphatic carbocycles. The van der Waals surface area contributed by atoms with Crippen LogP contribution in [-0.2, 0) is 9.59 Å². The molecule has 0 fully saturated rings. The molecule has 170 valence electrons. The standard InChI is InChI=1S/C27H22ClN3O2S/c1-19(32)31(24-10-6-3-7-11-24)27-29-23(18-34-27)16-17-25(33)30-26(20-8-4-2-5-9-20)21-12-14-22(28)15-13-21/h2-18,26H,1H3,(H,30,33)/b17-16+. The number of carbonyl (C=O) groups is 2. The molecule has 1 heterocycles. The van der Waals surface area contributed by atoms with Gasteiger partial charge in [0.1, 0.15) is 0 Å². The topological polar surface area (TPSA) is 62.3 Å². The van der Waals surface area contributed by atoms with Crippen LogP contribution in [0.3, 0.4) is 0 Å². The van der Waals surface area contributed by atoms with Crippen molar-refractivity contribution in [3.8, 4) is 0 Å². The third-order valence-electron chi connectivity index (χ3n) is 5.06. The number of aromatic nitrogens is 1. The lowest BCUT2D eigenvalue weighted by Gasteiger charge is -2.19. The van der Waals surface area contributed by atoms with Gasteiger partial charge in [0.15, 0.2) is 5.13 Å². The first-order valence-corrected chi connectivity index (χ1v) is 11.9. The van der Waals surface area contributed by atoms with Crippen molar-refractivity contribution in [2.45, 2.75) is 13.0 Å². The number of anilines is 2. The predicted octanol–water partition coefficient (Wildman–Crippen LogP) is 6.40. The monoisotopic (exact) mass is 487 g/mol. The molecule has 0 saturated carbocycles. The number of benzene rings is 3. The van der Waals surface area contributed by atoms with Crippen molar-refractivity contribution in [1.29, 1.82) is 0 Å². The molecule has 0 radical (unpaired) electrons. The lowest BCUT2D eigenvalue weighted by atomic mass is 9.98. The maximum absolute atomic E-state index is 12.8. The van der Waals surface area contributed by atoms with Gasteiger partial charge in [-0.15, -0.1) is 11.3 Å². The number of rotatable bonds is 7. The van der Waals surface area contributed by atoms with Crippen molar-refractivity contribution >= 4 is 51.6 Å². The van der Waals surface area contributed by atoms with Gasteiger partial charge in [-0.25, -0.2) is 4.98 Å². The fourth-order valence-electron chi connectivity index (χ4n) is 3.47. The first kappa shape index (κ1) is 23.4. The van der Waals surface area contributed by atoms with Crippen molar-refractivity contribution in [3.63, 3.8) is 0 Å². The van der Waals surface area contributed by atoms with Crippen LogP contribution in [0.5, 0.6) is 0 Å². The summed E-state index contributed by atoms with van der Waals surface area (Å²) in [5.41, 5.74) is 3.22. The van der Waals surface area contributed by atoms with E-state index in [0.29, 0.717) is 15.8 Å². The van der Waals surface area contributed by atoms with Gasteiger partial charge in [-0.2, -0.15) is 0 Å². The molecule has 1 unspecified atom stereocenters. The third-order valence-corrected chi connectivity index (χ3v) is 6.15. The average Bonchev–Trinajstić information content (AvgIpc) is 3.31. The first-order chi connectivity index (χ1) is 16.5. The van der Waals surface area contributed by atoms with Crippen LogP contribution in [0.1, 0.15) is 29.8 Å². The summed E-state index contributed by atoms with van der Waals surface area (Å²) in [6.45, 7) is 1.50. The Morgan fingerprint density at radius 1 is 0.941 bits per heavy atom. The second-order valence-corrected chi connectivity index (χ2v) is 8.76. The van der Waals surface area contributed by atoms with E-state index < -0.39 is 0 Å². The number of halogens is 1. The van der Waals surface area contributed by atoms with E-state index in [0.717, 1.165) is 16.8 Å². The maximum atomic E-state index is 12.8. The Morgan fingerprint density at radius 2 is 1.56 bits per heavy atom. The third kappa shape index (κ3) is 5.78. The number of hydrogen-bond donors (Lipinski definition) is 1. The fourth-order valence-corrected chi connectivity index (χ4v) is 4.45. The van der Waals surface area contributed by atoms with Crippen LogP contribution in [0, 0.1) is 0 Å². The molecule has 34 heavy (non-hydrogen) atoms. The number of nitrogens with zero attached hydrogens (tertiary/aromatic N) is 2. The molecule has 7 heteroatoms. The van der Waals surface area contributed by atoms with Crippen LogP contribution in [0.15, 0.2) is 96.4 Å². The minimum absolute atomic E-state index is 0.137. The molecule has 0 aliphatic heterocycles. The summed E-state index contributed by atoms with van der Waals surface area (Å²) < 4.78 is 0. The molecule has 1 N–H and O–H groups in total. The molecule has 4 aromatic rings. The quantitative estimate of drug-likeness (QED) is 0.307. The van der Waals surface area contributed by atoms with E-state index in [9.17, 15) is 9.59 Å². The van der Waals surface area contributed by atoms with Crippen molar-refractivity contribution < 1.29 is 9.59 Å². The van der Waals surface area contributed by atoms with Gasteiger partial charge in [0, 0.05) is 23.4 Å². The van der Waals surface area contributed by atoms with E-state index in [-0.39, 0.29) is 17.9 Å². The lowest BCUT2D eigenvalue weighted by Crippen LogP contribution is -2.27. The summed E-state index contributed by atoms with van der Waals surface area (Å²) in [6, 6.07) is 26.2.